The highest BCUT2D eigenvalue weighted by atomic mass is 19.1. The Labute approximate surface area is 171 Å². The van der Waals surface area contributed by atoms with Gasteiger partial charge in [0.1, 0.15) is 17.1 Å². The molecular weight excluding hydrogens is 396 g/mol. The predicted molar refractivity (Wildman–Crippen MR) is 107 cm³/mol. The molecule has 1 aromatic carbocycles. The topological polar surface area (TPSA) is 91.6 Å². The lowest BCUT2D eigenvalue weighted by atomic mass is 9.97. The highest BCUT2D eigenvalue weighted by Gasteiger charge is 2.32. The summed E-state index contributed by atoms with van der Waals surface area (Å²) in [5.74, 6) is -3.25. The summed E-state index contributed by atoms with van der Waals surface area (Å²) in [6.07, 6.45) is 4.21. The molecule has 160 valence electrons. The van der Waals surface area contributed by atoms with Crippen molar-refractivity contribution in [3.63, 3.8) is 0 Å². The zero-order valence-corrected chi connectivity index (χ0v) is 16.6. The Bertz CT molecular complexity index is 1090. The van der Waals surface area contributed by atoms with Gasteiger partial charge in [0.05, 0.1) is 10.9 Å². The maximum absolute atomic E-state index is 15.7. The van der Waals surface area contributed by atoms with E-state index >= 15 is 8.78 Å². The molecule has 2 fully saturated rings. The van der Waals surface area contributed by atoms with Gasteiger partial charge in [-0.1, -0.05) is 0 Å². The molecule has 1 saturated heterocycles. The monoisotopic (exact) mass is 419 g/mol. The van der Waals surface area contributed by atoms with Gasteiger partial charge in [0, 0.05) is 38.8 Å². The highest BCUT2D eigenvalue weighted by Crippen LogP contribution is 2.40. The number of piperidine rings is 1. The van der Waals surface area contributed by atoms with Gasteiger partial charge in [-0.25, -0.2) is 13.6 Å². The second kappa shape index (κ2) is 7.70. The van der Waals surface area contributed by atoms with Crippen molar-refractivity contribution >= 4 is 28.5 Å². The summed E-state index contributed by atoms with van der Waals surface area (Å²) in [6.45, 7) is 2.68. The Hall–Kier alpha value is -2.97. The molecule has 2 aliphatic rings. The quantitative estimate of drug-likeness (QED) is 0.778. The fourth-order valence-corrected chi connectivity index (χ4v) is 4.24. The first kappa shape index (κ1) is 20.3. The van der Waals surface area contributed by atoms with Gasteiger partial charge in [0.15, 0.2) is 5.82 Å². The van der Waals surface area contributed by atoms with E-state index < -0.39 is 28.6 Å². The summed E-state index contributed by atoms with van der Waals surface area (Å²) >= 11 is 0. The number of carboxylic acid groups (broad SMARTS) is 1. The van der Waals surface area contributed by atoms with E-state index in [0.717, 1.165) is 25.3 Å². The number of hydrogen-bond donors (Lipinski definition) is 2. The molecule has 1 aliphatic carbocycles. The number of carboxylic acids is 1. The molecule has 2 aromatic rings. The fourth-order valence-electron chi connectivity index (χ4n) is 4.24. The zero-order valence-electron chi connectivity index (χ0n) is 16.6. The molecular formula is C21H23F2N3O4. The Balaban J connectivity index is 1.81. The van der Waals surface area contributed by atoms with E-state index in [4.69, 9.17) is 0 Å². The smallest absolute Gasteiger partial charge is 0.341 e. The van der Waals surface area contributed by atoms with Crippen molar-refractivity contribution < 1.29 is 23.5 Å². The molecule has 7 nitrogen and oxygen atoms in total. The lowest BCUT2D eigenvalue weighted by Gasteiger charge is -2.35. The van der Waals surface area contributed by atoms with Crippen LogP contribution in [0.15, 0.2) is 17.1 Å². The SMILES string of the molecule is CC(=O)NCC1CCCN(c2c(F)cc3c(=O)c(C(=O)O)cn(C4CC4)c3c2F)C1. The summed E-state index contributed by atoms with van der Waals surface area (Å²) in [7, 11) is 0. The van der Waals surface area contributed by atoms with Gasteiger partial charge >= 0.3 is 5.97 Å². The largest absolute Gasteiger partial charge is 0.477 e. The lowest BCUT2D eigenvalue weighted by molar-refractivity contribution is -0.119. The van der Waals surface area contributed by atoms with E-state index in [1.165, 1.54) is 17.7 Å². The molecule has 0 radical (unpaired) electrons. The second-order valence-electron chi connectivity index (χ2n) is 8.12. The molecule has 1 unspecified atom stereocenters. The first-order valence-corrected chi connectivity index (χ1v) is 10.1. The minimum atomic E-state index is -1.42. The van der Waals surface area contributed by atoms with E-state index in [9.17, 15) is 19.5 Å². The molecule has 4 rings (SSSR count). The van der Waals surface area contributed by atoms with E-state index in [1.54, 1.807) is 4.90 Å². The number of halogens is 2. The van der Waals surface area contributed by atoms with Crippen molar-refractivity contribution in [3.8, 4) is 0 Å². The number of nitrogens with one attached hydrogen (secondary N) is 1. The Morgan fingerprint density at radius 3 is 2.63 bits per heavy atom. The van der Waals surface area contributed by atoms with Crippen LogP contribution in [0.4, 0.5) is 14.5 Å². The lowest BCUT2D eigenvalue weighted by Crippen LogP contribution is -2.41. The molecule has 2 N–H and O–H groups in total. The number of anilines is 1. The van der Waals surface area contributed by atoms with Crippen LogP contribution < -0.4 is 15.6 Å². The van der Waals surface area contributed by atoms with Gasteiger partial charge in [0.2, 0.25) is 11.3 Å². The number of pyridine rings is 1. The minimum Gasteiger partial charge on any atom is -0.477 e. The summed E-state index contributed by atoms with van der Waals surface area (Å²) < 4.78 is 32.1. The average Bonchev–Trinajstić information content (AvgIpc) is 3.52. The van der Waals surface area contributed by atoms with Crippen molar-refractivity contribution in [1.82, 2.24) is 9.88 Å². The van der Waals surface area contributed by atoms with Gasteiger partial charge in [-0.15, -0.1) is 0 Å². The zero-order chi connectivity index (χ0) is 21.6. The van der Waals surface area contributed by atoms with Gasteiger partial charge in [0.25, 0.3) is 0 Å². The summed E-state index contributed by atoms with van der Waals surface area (Å²) in [6, 6.07) is 0.853. The van der Waals surface area contributed by atoms with Crippen LogP contribution >= 0.6 is 0 Å². The van der Waals surface area contributed by atoms with Crippen molar-refractivity contribution in [1.29, 1.82) is 0 Å². The van der Waals surface area contributed by atoms with Crippen LogP contribution in [0.3, 0.4) is 0 Å². The van der Waals surface area contributed by atoms with Crippen molar-refractivity contribution in [3.05, 3.63) is 39.7 Å². The number of aromatic nitrogens is 1. The number of nitrogens with zero attached hydrogens (tertiary/aromatic N) is 2. The number of hydrogen-bond acceptors (Lipinski definition) is 4. The Kier molecular flexibility index (Phi) is 5.21. The molecule has 30 heavy (non-hydrogen) atoms. The van der Waals surface area contributed by atoms with E-state index in [0.29, 0.717) is 26.1 Å². The summed E-state index contributed by atoms with van der Waals surface area (Å²) in [5, 5.41) is 11.8. The van der Waals surface area contributed by atoms with Crippen LogP contribution in [0.2, 0.25) is 0 Å². The molecule has 0 spiro atoms. The Morgan fingerprint density at radius 2 is 2.00 bits per heavy atom. The third kappa shape index (κ3) is 3.64. The van der Waals surface area contributed by atoms with E-state index in [1.807, 2.05) is 0 Å². The molecule has 1 aliphatic heterocycles. The second-order valence-corrected chi connectivity index (χ2v) is 8.12. The average molecular weight is 419 g/mol. The van der Waals surface area contributed by atoms with E-state index in [-0.39, 0.29) is 34.5 Å². The predicted octanol–water partition coefficient (Wildman–Crippen LogP) is 2.67. The Morgan fingerprint density at radius 1 is 1.27 bits per heavy atom. The number of aromatic carboxylic acids is 1. The number of amides is 1. The number of carbonyl (C=O) groups is 2. The summed E-state index contributed by atoms with van der Waals surface area (Å²) in [5.41, 5.74) is -1.63. The molecule has 2 heterocycles. The van der Waals surface area contributed by atoms with Gasteiger partial charge in [-0.3, -0.25) is 9.59 Å². The highest BCUT2D eigenvalue weighted by molar-refractivity contribution is 5.94. The first-order chi connectivity index (χ1) is 14.3. The van der Waals surface area contributed by atoms with Crippen LogP contribution in [0, 0.1) is 17.6 Å². The molecule has 1 saturated carbocycles. The van der Waals surface area contributed by atoms with Crippen LogP contribution in [0.5, 0.6) is 0 Å². The van der Waals surface area contributed by atoms with Crippen molar-refractivity contribution in [2.24, 2.45) is 5.92 Å². The van der Waals surface area contributed by atoms with E-state index in [2.05, 4.69) is 5.32 Å². The minimum absolute atomic E-state index is 0.0483. The molecule has 9 heteroatoms. The number of rotatable bonds is 5. The normalized spacial score (nSPS) is 19.2. The van der Waals surface area contributed by atoms with Gasteiger partial charge in [-0.2, -0.15) is 0 Å². The van der Waals surface area contributed by atoms with Crippen LogP contribution in [0.1, 0.15) is 49.0 Å². The van der Waals surface area contributed by atoms with Crippen molar-refractivity contribution in [2.45, 2.75) is 38.6 Å². The van der Waals surface area contributed by atoms with Crippen LogP contribution in [-0.4, -0.2) is 41.2 Å². The summed E-state index contributed by atoms with van der Waals surface area (Å²) in [4.78, 5) is 36.8. The maximum atomic E-state index is 15.7. The number of carbonyl (C=O) groups excluding carboxylic acids is 1. The molecule has 1 atom stereocenters. The third-order valence-electron chi connectivity index (χ3n) is 5.83. The standard InChI is InChI=1S/C21H23F2N3O4/c1-11(27)24-8-12-3-2-6-25(9-12)19-16(22)7-14-18(17(19)23)26(13-4-5-13)10-15(20(14)28)21(29)30/h7,10,12-13H,2-6,8-9H2,1H3,(H,24,27)(H,29,30). The van der Waals surface area contributed by atoms with Gasteiger partial charge < -0.3 is 19.9 Å². The van der Waals surface area contributed by atoms with Gasteiger partial charge in [-0.05, 0) is 37.7 Å². The number of fused-ring (bicyclic) bond motifs is 1. The fraction of sp³-hybridized carbons (Fsp3) is 0.476. The maximum Gasteiger partial charge on any atom is 0.341 e. The molecule has 0 bridgehead atoms. The molecule has 1 amide bonds. The number of benzene rings is 1. The van der Waals surface area contributed by atoms with Crippen LogP contribution in [0.25, 0.3) is 10.9 Å². The first-order valence-electron chi connectivity index (χ1n) is 10.1. The third-order valence-corrected chi connectivity index (χ3v) is 5.83. The van der Waals surface area contributed by atoms with Crippen LogP contribution in [-0.2, 0) is 4.79 Å². The van der Waals surface area contributed by atoms with Crippen molar-refractivity contribution in [2.75, 3.05) is 24.5 Å². The molecule has 1 aromatic heterocycles.